The molecule has 0 amide bonds. The highest BCUT2D eigenvalue weighted by Crippen LogP contribution is 2.26. The third kappa shape index (κ3) is 2.13. The molecule has 5 heteroatoms. The number of hydrogen-bond acceptors (Lipinski definition) is 4. The van der Waals surface area contributed by atoms with Gasteiger partial charge < -0.3 is 14.3 Å². The van der Waals surface area contributed by atoms with Crippen molar-refractivity contribution in [1.82, 2.24) is 4.98 Å². The Morgan fingerprint density at radius 2 is 2.24 bits per heavy atom. The fraction of sp³-hybridized carbons (Fsp3) is 0.167. The molecule has 0 unspecified atom stereocenters. The summed E-state index contributed by atoms with van der Waals surface area (Å²) in [6.45, 7) is 1.92. The van der Waals surface area contributed by atoms with E-state index >= 15 is 0 Å². The second kappa shape index (κ2) is 4.29. The Kier molecular flexibility index (Phi) is 2.82. The summed E-state index contributed by atoms with van der Waals surface area (Å²) in [6, 6.07) is 5.42. The molecule has 1 aromatic carbocycles. The van der Waals surface area contributed by atoms with Crippen molar-refractivity contribution in [2.45, 2.75) is 6.92 Å². The average molecular weight is 233 g/mol. The van der Waals surface area contributed by atoms with Gasteiger partial charge in [-0.3, -0.25) is 0 Å². The second-order valence-corrected chi connectivity index (χ2v) is 3.53. The highest BCUT2D eigenvalue weighted by molar-refractivity contribution is 5.85. The molecular weight excluding hydrogens is 222 g/mol. The van der Waals surface area contributed by atoms with Crippen LogP contribution < -0.4 is 4.74 Å². The third-order valence-corrected chi connectivity index (χ3v) is 2.38. The Hall–Kier alpha value is -2.30. The van der Waals surface area contributed by atoms with E-state index in [0.717, 1.165) is 11.8 Å². The number of aromatic carboxylic acids is 1. The number of carboxylic acid groups (broad SMARTS) is 1. The summed E-state index contributed by atoms with van der Waals surface area (Å²) in [5.41, 5.74) is 1.56. The van der Waals surface area contributed by atoms with Crippen LogP contribution in [0.2, 0.25) is 0 Å². The van der Waals surface area contributed by atoms with E-state index in [1.807, 2.05) is 13.0 Å². The number of benzene rings is 1. The van der Waals surface area contributed by atoms with Gasteiger partial charge >= 0.3 is 5.97 Å². The van der Waals surface area contributed by atoms with Gasteiger partial charge in [0, 0.05) is 5.56 Å². The molecule has 0 aliphatic rings. The average Bonchev–Trinajstić information content (AvgIpc) is 2.79. The molecule has 88 valence electrons. The summed E-state index contributed by atoms with van der Waals surface area (Å²) in [7, 11) is 1.57. The van der Waals surface area contributed by atoms with Crippen molar-refractivity contribution in [3.63, 3.8) is 0 Å². The van der Waals surface area contributed by atoms with Crippen LogP contribution in [0.1, 0.15) is 16.1 Å². The first-order valence-electron chi connectivity index (χ1n) is 4.95. The normalized spacial score (nSPS) is 10.2. The van der Waals surface area contributed by atoms with Crippen LogP contribution in [0.5, 0.6) is 5.75 Å². The number of hydrogen-bond donors (Lipinski definition) is 1. The molecule has 0 spiro atoms. The maximum absolute atomic E-state index is 10.7. The first-order chi connectivity index (χ1) is 8.11. The molecular formula is C12H11NO4. The monoisotopic (exact) mass is 233 g/mol. The number of carbonyl (C=O) groups is 1. The Morgan fingerprint density at radius 3 is 2.82 bits per heavy atom. The predicted molar refractivity (Wildman–Crippen MR) is 60.2 cm³/mol. The molecule has 5 nitrogen and oxygen atoms in total. The minimum atomic E-state index is -1.11. The molecule has 2 aromatic rings. The molecule has 0 fully saturated rings. The van der Waals surface area contributed by atoms with Crippen molar-refractivity contribution in [2.24, 2.45) is 0 Å². The van der Waals surface area contributed by atoms with Crippen LogP contribution in [-0.2, 0) is 0 Å². The number of oxazole rings is 1. The Bertz CT molecular complexity index is 559. The first kappa shape index (κ1) is 11.2. The Balaban J connectivity index is 2.42. The number of aromatic nitrogens is 1. The van der Waals surface area contributed by atoms with E-state index < -0.39 is 5.97 Å². The van der Waals surface area contributed by atoms with Gasteiger partial charge in [-0.2, -0.15) is 0 Å². The van der Waals surface area contributed by atoms with E-state index in [-0.39, 0.29) is 11.6 Å². The molecule has 17 heavy (non-hydrogen) atoms. The number of carboxylic acids is 1. The number of rotatable bonds is 3. The Morgan fingerprint density at radius 1 is 1.47 bits per heavy atom. The lowest BCUT2D eigenvalue weighted by Gasteiger charge is -2.05. The zero-order chi connectivity index (χ0) is 12.4. The Labute approximate surface area is 97.7 Å². The van der Waals surface area contributed by atoms with Crippen LogP contribution in [0.3, 0.4) is 0 Å². The van der Waals surface area contributed by atoms with Crippen molar-refractivity contribution >= 4 is 5.97 Å². The van der Waals surface area contributed by atoms with Crippen molar-refractivity contribution in [2.75, 3.05) is 7.11 Å². The summed E-state index contributed by atoms with van der Waals surface area (Å²) >= 11 is 0. The van der Waals surface area contributed by atoms with Crippen molar-refractivity contribution in [3.8, 4) is 17.2 Å². The molecule has 1 aromatic heterocycles. The standard InChI is InChI=1S/C12H11NO4/c1-7-3-4-8(5-10(7)16-2)11-13-9(6-17-11)12(14)15/h3-6H,1-2H3,(H,14,15). The quantitative estimate of drug-likeness (QED) is 0.880. The highest BCUT2D eigenvalue weighted by Gasteiger charge is 2.12. The SMILES string of the molecule is COc1cc(-c2nc(C(=O)O)co2)ccc1C. The summed E-state index contributed by atoms with van der Waals surface area (Å²) in [5.74, 6) is -0.141. The molecule has 1 heterocycles. The van der Waals surface area contributed by atoms with Gasteiger partial charge in [-0.25, -0.2) is 9.78 Å². The number of methoxy groups -OCH3 is 1. The van der Waals surface area contributed by atoms with E-state index in [2.05, 4.69) is 4.98 Å². The number of nitrogens with zero attached hydrogens (tertiary/aromatic N) is 1. The largest absolute Gasteiger partial charge is 0.496 e. The summed E-state index contributed by atoms with van der Waals surface area (Å²) in [4.78, 5) is 14.5. The van der Waals surface area contributed by atoms with E-state index in [0.29, 0.717) is 11.3 Å². The van der Waals surface area contributed by atoms with Gasteiger partial charge in [0.25, 0.3) is 0 Å². The fourth-order valence-electron chi connectivity index (χ4n) is 1.46. The molecule has 1 N–H and O–H groups in total. The summed E-state index contributed by atoms with van der Waals surface area (Å²) in [6.07, 6.45) is 1.12. The van der Waals surface area contributed by atoms with Gasteiger partial charge in [-0.15, -0.1) is 0 Å². The van der Waals surface area contributed by atoms with E-state index in [1.54, 1.807) is 19.2 Å². The van der Waals surface area contributed by atoms with E-state index in [1.165, 1.54) is 0 Å². The highest BCUT2D eigenvalue weighted by atomic mass is 16.5. The number of aryl methyl sites for hydroxylation is 1. The van der Waals surface area contributed by atoms with Crippen LogP contribution >= 0.6 is 0 Å². The van der Waals surface area contributed by atoms with Crippen LogP contribution in [0, 0.1) is 6.92 Å². The minimum absolute atomic E-state index is 0.112. The van der Waals surface area contributed by atoms with Gasteiger partial charge in [0.2, 0.25) is 5.89 Å². The summed E-state index contributed by atoms with van der Waals surface area (Å²) in [5, 5.41) is 8.74. The van der Waals surface area contributed by atoms with Crippen LogP contribution in [-0.4, -0.2) is 23.2 Å². The van der Waals surface area contributed by atoms with Gasteiger partial charge in [0.05, 0.1) is 7.11 Å². The molecule has 0 atom stereocenters. The van der Waals surface area contributed by atoms with Gasteiger partial charge in [-0.05, 0) is 24.6 Å². The molecule has 0 aliphatic carbocycles. The molecule has 0 radical (unpaired) electrons. The maximum atomic E-state index is 10.7. The van der Waals surface area contributed by atoms with E-state index in [9.17, 15) is 4.79 Å². The predicted octanol–water partition coefficient (Wildman–Crippen LogP) is 2.36. The molecule has 0 aliphatic heterocycles. The first-order valence-corrected chi connectivity index (χ1v) is 4.95. The minimum Gasteiger partial charge on any atom is -0.496 e. The lowest BCUT2D eigenvalue weighted by atomic mass is 10.1. The zero-order valence-electron chi connectivity index (χ0n) is 9.43. The molecule has 0 saturated carbocycles. The van der Waals surface area contributed by atoms with Crippen LogP contribution in [0.15, 0.2) is 28.9 Å². The fourth-order valence-corrected chi connectivity index (χ4v) is 1.46. The van der Waals surface area contributed by atoms with Crippen molar-refractivity contribution in [3.05, 3.63) is 35.7 Å². The van der Waals surface area contributed by atoms with Crippen LogP contribution in [0.4, 0.5) is 0 Å². The lowest BCUT2D eigenvalue weighted by Crippen LogP contribution is -1.95. The molecule has 0 bridgehead atoms. The third-order valence-electron chi connectivity index (χ3n) is 2.38. The lowest BCUT2D eigenvalue weighted by molar-refractivity contribution is 0.0690. The molecule has 2 rings (SSSR count). The van der Waals surface area contributed by atoms with Gasteiger partial charge in [-0.1, -0.05) is 6.07 Å². The zero-order valence-corrected chi connectivity index (χ0v) is 9.43. The summed E-state index contributed by atoms with van der Waals surface area (Å²) < 4.78 is 10.3. The van der Waals surface area contributed by atoms with Crippen LogP contribution in [0.25, 0.3) is 11.5 Å². The number of ether oxygens (including phenoxy) is 1. The smallest absolute Gasteiger partial charge is 0.357 e. The maximum Gasteiger partial charge on any atom is 0.357 e. The second-order valence-electron chi connectivity index (χ2n) is 3.53. The van der Waals surface area contributed by atoms with Gasteiger partial charge in [0.15, 0.2) is 5.69 Å². The van der Waals surface area contributed by atoms with E-state index in [4.69, 9.17) is 14.3 Å². The van der Waals surface area contributed by atoms with Crippen molar-refractivity contribution in [1.29, 1.82) is 0 Å². The topological polar surface area (TPSA) is 72.6 Å². The van der Waals surface area contributed by atoms with Crippen molar-refractivity contribution < 1.29 is 19.1 Å². The molecule has 0 saturated heterocycles. The van der Waals surface area contributed by atoms with Gasteiger partial charge in [0.1, 0.15) is 12.0 Å².